The van der Waals surface area contributed by atoms with Crippen molar-refractivity contribution in [2.45, 2.75) is 17.9 Å². The molecule has 0 N–H and O–H groups in total. The molecule has 1 aromatic heterocycles. The van der Waals surface area contributed by atoms with Crippen molar-refractivity contribution < 1.29 is 35.9 Å². The third kappa shape index (κ3) is 4.23. The van der Waals surface area contributed by atoms with E-state index in [-0.39, 0.29) is 11.4 Å². The highest BCUT2D eigenvalue weighted by Crippen LogP contribution is 2.38. The third-order valence-electron chi connectivity index (χ3n) is 1.92. The second kappa shape index (κ2) is 5.76. The number of hydrogen-bond donors (Lipinski definition) is 0. The van der Waals surface area contributed by atoms with E-state index in [1.807, 2.05) is 0 Å². The quantitative estimate of drug-likeness (QED) is 0.442. The van der Waals surface area contributed by atoms with Crippen LogP contribution in [0, 0.1) is 0 Å². The fraction of sp³-hybridized carbons (Fsp3) is 0.333. The summed E-state index contributed by atoms with van der Waals surface area (Å²) in [5.41, 5.74) is -2.91. The lowest BCUT2D eigenvalue weighted by atomic mass is 10.1. The van der Waals surface area contributed by atoms with E-state index in [4.69, 9.17) is 11.6 Å². The number of aromatic nitrogens is 1. The predicted octanol–water partition coefficient (Wildman–Crippen LogP) is 4.27. The second-order valence-electron chi connectivity index (χ2n) is 3.29. The van der Waals surface area contributed by atoms with Gasteiger partial charge >= 0.3 is 12.5 Å². The Morgan fingerprint density at radius 2 is 1.85 bits per heavy atom. The molecule has 20 heavy (non-hydrogen) atoms. The molecule has 0 radical (unpaired) electrons. The maximum Gasteiger partial charge on any atom is 0.574 e. The van der Waals surface area contributed by atoms with Gasteiger partial charge in [-0.25, -0.2) is 4.98 Å². The Hall–Kier alpha value is -1.03. The molecule has 0 fully saturated rings. The van der Waals surface area contributed by atoms with Crippen molar-refractivity contribution in [2.75, 3.05) is 0 Å². The molecule has 0 saturated carbocycles. The molecule has 0 amide bonds. The average Bonchev–Trinajstić information content (AvgIpc) is 2.24. The molecule has 0 bridgehead atoms. The Bertz CT molecular complexity index is 530. The van der Waals surface area contributed by atoms with E-state index in [9.17, 15) is 31.1 Å². The summed E-state index contributed by atoms with van der Waals surface area (Å²) in [5, 5.41) is -1.57. The molecule has 0 unspecified atom stereocenters. The Morgan fingerprint density at radius 1 is 1.30 bits per heavy atom. The van der Waals surface area contributed by atoms with Crippen molar-refractivity contribution >= 4 is 32.8 Å². The lowest BCUT2D eigenvalue weighted by Crippen LogP contribution is -2.22. The zero-order valence-corrected chi connectivity index (χ0v) is 11.4. The zero-order chi connectivity index (χ0) is 15.7. The fourth-order valence-electron chi connectivity index (χ4n) is 1.19. The first-order chi connectivity index (χ1) is 8.95. The van der Waals surface area contributed by atoms with E-state index >= 15 is 0 Å². The Balaban J connectivity index is 3.52. The van der Waals surface area contributed by atoms with Gasteiger partial charge < -0.3 is 4.74 Å². The summed E-state index contributed by atoms with van der Waals surface area (Å²) in [6.45, 7) is 0. The van der Waals surface area contributed by atoms with Crippen molar-refractivity contribution in [3.63, 3.8) is 0 Å². The number of nitrogens with zero attached hydrogens (tertiary/aromatic N) is 1. The summed E-state index contributed by atoms with van der Waals surface area (Å²) in [6.07, 6.45) is -10.6. The molecule has 112 valence electrons. The van der Waals surface area contributed by atoms with E-state index < -0.39 is 40.5 Å². The van der Waals surface area contributed by atoms with Gasteiger partial charge in [-0.15, -0.1) is 13.2 Å². The summed E-state index contributed by atoms with van der Waals surface area (Å²) in [4.78, 5) is 14.0. The van der Waals surface area contributed by atoms with E-state index in [0.29, 0.717) is 0 Å². The summed E-state index contributed by atoms with van der Waals surface area (Å²) < 4.78 is 77.4. The summed E-state index contributed by atoms with van der Waals surface area (Å²) in [5.74, 6) is -1.69. The first-order valence-corrected chi connectivity index (χ1v) is 6.08. The van der Waals surface area contributed by atoms with Crippen LogP contribution in [-0.2, 0) is 11.5 Å². The van der Waals surface area contributed by atoms with Crippen LogP contribution in [0.1, 0.15) is 21.6 Å². The van der Waals surface area contributed by atoms with E-state index in [2.05, 4.69) is 25.7 Å². The van der Waals surface area contributed by atoms with E-state index in [1.165, 1.54) is 0 Å². The van der Waals surface area contributed by atoms with Crippen LogP contribution in [0.2, 0.25) is 0 Å². The van der Waals surface area contributed by atoms with Gasteiger partial charge in [0.1, 0.15) is 5.56 Å². The van der Waals surface area contributed by atoms with Gasteiger partial charge in [-0.1, -0.05) is 15.9 Å². The van der Waals surface area contributed by atoms with Crippen LogP contribution in [0.15, 0.2) is 6.07 Å². The third-order valence-corrected chi connectivity index (χ3v) is 2.66. The summed E-state index contributed by atoms with van der Waals surface area (Å²) in [6, 6.07) is 0.167. The molecule has 0 aliphatic heterocycles. The number of rotatable bonds is 3. The number of alkyl halides is 7. The maximum atomic E-state index is 12.6. The number of carbonyl (C=O) groups is 1. The average molecular weight is 386 g/mol. The number of carbonyl (C=O) groups excluding carboxylic acids is 1. The van der Waals surface area contributed by atoms with Gasteiger partial charge in [-0.2, -0.15) is 13.2 Å². The molecule has 0 atom stereocenters. The lowest BCUT2D eigenvalue weighted by Gasteiger charge is -2.16. The number of pyridine rings is 1. The van der Waals surface area contributed by atoms with Crippen LogP contribution < -0.4 is 4.74 Å². The van der Waals surface area contributed by atoms with Gasteiger partial charge in [0.25, 0.3) is 5.24 Å². The minimum Gasteiger partial charge on any atom is -0.387 e. The van der Waals surface area contributed by atoms with Crippen molar-refractivity contribution in [2.24, 2.45) is 0 Å². The first kappa shape index (κ1) is 17.0. The van der Waals surface area contributed by atoms with Crippen molar-refractivity contribution in [1.29, 1.82) is 0 Å². The highest BCUT2D eigenvalue weighted by atomic mass is 79.9. The standard InChI is InChI=1S/C9H3BrClF6NO2/c10-2-5-3(6(11)19)1-4(8(12,13)14)7(18-5)20-9(15,16)17/h1H,2H2. The molecule has 1 rings (SSSR count). The molecule has 11 heteroatoms. The molecular weight excluding hydrogens is 383 g/mol. The van der Waals surface area contributed by atoms with Crippen LogP contribution in [0.4, 0.5) is 26.3 Å². The van der Waals surface area contributed by atoms with Gasteiger partial charge in [-0.3, -0.25) is 4.79 Å². The van der Waals surface area contributed by atoms with Gasteiger partial charge in [0.05, 0.1) is 11.3 Å². The monoisotopic (exact) mass is 385 g/mol. The molecular formula is C9H3BrClF6NO2. The molecule has 0 saturated heterocycles. The van der Waals surface area contributed by atoms with Gasteiger partial charge in [0, 0.05) is 5.33 Å². The first-order valence-electron chi connectivity index (χ1n) is 4.58. The Morgan fingerprint density at radius 3 is 2.20 bits per heavy atom. The van der Waals surface area contributed by atoms with Crippen molar-refractivity contribution in [3.8, 4) is 5.88 Å². The molecule has 0 aliphatic carbocycles. The SMILES string of the molecule is O=C(Cl)c1cc(C(F)(F)F)c(OC(F)(F)F)nc1CBr. The molecule has 1 heterocycles. The topological polar surface area (TPSA) is 39.2 Å². The van der Waals surface area contributed by atoms with Crippen molar-refractivity contribution in [1.82, 2.24) is 4.98 Å². The normalized spacial score (nSPS) is 12.4. The zero-order valence-electron chi connectivity index (χ0n) is 9.07. The lowest BCUT2D eigenvalue weighted by molar-refractivity contribution is -0.277. The van der Waals surface area contributed by atoms with E-state index in [1.54, 1.807) is 0 Å². The van der Waals surface area contributed by atoms with Crippen LogP contribution >= 0.6 is 27.5 Å². The van der Waals surface area contributed by atoms with Crippen LogP contribution in [0.3, 0.4) is 0 Å². The minimum atomic E-state index is -5.36. The Kier molecular flexibility index (Phi) is 4.90. The van der Waals surface area contributed by atoms with Crippen molar-refractivity contribution in [3.05, 3.63) is 22.9 Å². The summed E-state index contributed by atoms with van der Waals surface area (Å²) >= 11 is 7.84. The largest absolute Gasteiger partial charge is 0.574 e. The summed E-state index contributed by atoms with van der Waals surface area (Å²) in [7, 11) is 0. The number of halogens is 8. The van der Waals surface area contributed by atoms with E-state index in [0.717, 1.165) is 0 Å². The second-order valence-corrected chi connectivity index (χ2v) is 4.19. The molecule has 0 spiro atoms. The molecule has 0 aliphatic rings. The van der Waals surface area contributed by atoms with Gasteiger partial charge in [0.15, 0.2) is 0 Å². The highest BCUT2D eigenvalue weighted by Gasteiger charge is 2.41. The highest BCUT2D eigenvalue weighted by molar-refractivity contribution is 9.08. The van der Waals surface area contributed by atoms with Crippen LogP contribution in [0.5, 0.6) is 5.88 Å². The van der Waals surface area contributed by atoms with Gasteiger partial charge in [0.2, 0.25) is 5.88 Å². The number of hydrogen-bond acceptors (Lipinski definition) is 3. The minimum absolute atomic E-state index is 0.167. The number of ether oxygens (including phenoxy) is 1. The predicted molar refractivity (Wildman–Crippen MR) is 58.7 cm³/mol. The molecule has 0 aromatic carbocycles. The maximum absolute atomic E-state index is 12.6. The fourth-order valence-corrected chi connectivity index (χ4v) is 1.79. The van der Waals surface area contributed by atoms with Crippen LogP contribution in [0.25, 0.3) is 0 Å². The smallest absolute Gasteiger partial charge is 0.387 e. The molecule has 1 aromatic rings. The molecule has 3 nitrogen and oxygen atoms in total. The Labute approximate surface area is 121 Å². The van der Waals surface area contributed by atoms with Gasteiger partial charge in [-0.05, 0) is 17.7 Å². The van der Waals surface area contributed by atoms with Crippen LogP contribution in [-0.4, -0.2) is 16.6 Å².